The molecule has 0 saturated carbocycles. The third kappa shape index (κ3) is 4.49. The molecule has 0 spiro atoms. The molecule has 0 aliphatic rings. The third-order valence-corrected chi connectivity index (χ3v) is 3.32. The maximum Gasteiger partial charge on any atom is 0.244 e. The number of rotatable bonds is 5. The summed E-state index contributed by atoms with van der Waals surface area (Å²) >= 11 is 0. The van der Waals surface area contributed by atoms with Crippen molar-refractivity contribution in [3.63, 3.8) is 0 Å². The van der Waals surface area contributed by atoms with Gasteiger partial charge >= 0.3 is 0 Å². The fourth-order valence-electron chi connectivity index (χ4n) is 2.10. The molecule has 2 aromatic rings. The number of amides is 1. The van der Waals surface area contributed by atoms with E-state index in [1.807, 2.05) is 42.5 Å². The number of hydrogen-bond donors (Lipinski definition) is 2. The van der Waals surface area contributed by atoms with Crippen LogP contribution in [0, 0.1) is 0 Å². The number of carbonyl (C=O) groups is 1. The molecular weight excluding hydrogens is 260 g/mol. The molecule has 0 aliphatic heterocycles. The standard InChI is InChI=1S/C18H20N2O/c1-2-15-5-3-4-6-16(15)13-20-18(21)12-9-14-7-10-17(19)11-8-14/h3-12H,2,13,19H2,1H3,(H,20,21)/b12-9+. The molecule has 0 atom stereocenters. The van der Waals surface area contributed by atoms with Crippen LogP contribution in [0.4, 0.5) is 5.69 Å². The summed E-state index contributed by atoms with van der Waals surface area (Å²) < 4.78 is 0. The van der Waals surface area contributed by atoms with Crippen molar-refractivity contribution in [3.05, 3.63) is 71.3 Å². The molecule has 2 rings (SSSR count). The van der Waals surface area contributed by atoms with Crippen LogP contribution in [0.2, 0.25) is 0 Å². The van der Waals surface area contributed by atoms with E-state index in [-0.39, 0.29) is 5.91 Å². The van der Waals surface area contributed by atoms with Gasteiger partial charge in [-0.05, 0) is 41.3 Å². The van der Waals surface area contributed by atoms with Gasteiger partial charge in [0.05, 0.1) is 0 Å². The van der Waals surface area contributed by atoms with Crippen molar-refractivity contribution in [2.24, 2.45) is 0 Å². The number of nitrogens with one attached hydrogen (secondary N) is 1. The van der Waals surface area contributed by atoms with Gasteiger partial charge in [0.15, 0.2) is 0 Å². The Bertz CT molecular complexity index is 630. The molecule has 0 saturated heterocycles. The number of hydrogen-bond acceptors (Lipinski definition) is 2. The van der Waals surface area contributed by atoms with Gasteiger partial charge in [0.25, 0.3) is 0 Å². The normalized spacial score (nSPS) is 10.7. The summed E-state index contributed by atoms with van der Waals surface area (Å²) in [6, 6.07) is 15.5. The van der Waals surface area contributed by atoms with Crippen LogP contribution in [0.25, 0.3) is 6.08 Å². The number of carbonyl (C=O) groups excluding carboxylic acids is 1. The van der Waals surface area contributed by atoms with Crippen LogP contribution in [-0.2, 0) is 17.8 Å². The minimum Gasteiger partial charge on any atom is -0.399 e. The lowest BCUT2D eigenvalue weighted by molar-refractivity contribution is -0.116. The molecule has 0 fully saturated rings. The molecule has 2 aromatic carbocycles. The van der Waals surface area contributed by atoms with Crippen molar-refractivity contribution in [3.8, 4) is 0 Å². The first kappa shape index (κ1) is 14.9. The number of anilines is 1. The number of aryl methyl sites for hydroxylation is 1. The average molecular weight is 280 g/mol. The molecule has 3 nitrogen and oxygen atoms in total. The van der Waals surface area contributed by atoms with Crippen LogP contribution in [-0.4, -0.2) is 5.91 Å². The summed E-state index contributed by atoms with van der Waals surface area (Å²) in [6.07, 6.45) is 4.29. The Morgan fingerprint density at radius 2 is 1.76 bits per heavy atom. The summed E-state index contributed by atoms with van der Waals surface area (Å²) in [5.74, 6) is -0.0993. The Labute approximate surface area is 125 Å². The van der Waals surface area contributed by atoms with Gasteiger partial charge in [-0.2, -0.15) is 0 Å². The summed E-state index contributed by atoms with van der Waals surface area (Å²) in [5, 5.41) is 2.90. The minimum absolute atomic E-state index is 0.0993. The van der Waals surface area contributed by atoms with Gasteiger partial charge in [-0.3, -0.25) is 4.79 Å². The molecular formula is C18H20N2O. The molecule has 3 N–H and O–H groups in total. The number of benzene rings is 2. The van der Waals surface area contributed by atoms with Gasteiger partial charge in [-0.25, -0.2) is 0 Å². The van der Waals surface area contributed by atoms with E-state index in [4.69, 9.17) is 5.73 Å². The predicted octanol–water partition coefficient (Wildman–Crippen LogP) is 3.16. The monoisotopic (exact) mass is 280 g/mol. The second kappa shape index (κ2) is 7.29. The zero-order chi connectivity index (χ0) is 15.1. The number of nitrogens with two attached hydrogens (primary N) is 1. The molecule has 1 amide bonds. The highest BCUT2D eigenvalue weighted by Crippen LogP contribution is 2.09. The third-order valence-electron chi connectivity index (χ3n) is 3.32. The SMILES string of the molecule is CCc1ccccc1CNC(=O)/C=C/c1ccc(N)cc1. The largest absolute Gasteiger partial charge is 0.399 e. The molecule has 3 heteroatoms. The van der Waals surface area contributed by atoms with E-state index in [0.717, 1.165) is 17.5 Å². The average Bonchev–Trinajstić information content (AvgIpc) is 2.52. The molecule has 0 radical (unpaired) electrons. The quantitative estimate of drug-likeness (QED) is 0.653. The summed E-state index contributed by atoms with van der Waals surface area (Å²) in [5.41, 5.74) is 9.71. The van der Waals surface area contributed by atoms with Crippen LogP contribution in [0.1, 0.15) is 23.6 Å². The van der Waals surface area contributed by atoms with Crippen LogP contribution >= 0.6 is 0 Å². The molecule has 0 aliphatic carbocycles. The molecule has 0 bridgehead atoms. The van der Waals surface area contributed by atoms with E-state index in [2.05, 4.69) is 18.3 Å². The van der Waals surface area contributed by atoms with Crippen molar-refractivity contribution in [2.45, 2.75) is 19.9 Å². The second-order valence-corrected chi connectivity index (χ2v) is 4.84. The Kier molecular flexibility index (Phi) is 5.16. The summed E-state index contributed by atoms with van der Waals surface area (Å²) in [7, 11) is 0. The lowest BCUT2D eigenvalue weighted by Crippen LogP contribution is -2.20. The Morgan fingerprint density at radius 1 is 1.10 bits per heavy atom. The predicted molar refractivity (Wildman–Crippen MR) is 87.6 cm³/mol. The molecule has 0 unspecified atom stereocenters. The Hall–Kier alpha value is -2.55. The van der Waals surface area contributed by atoms with E-state index in [1.165, 1.54) is 5.56 Å². The highest BCUT2D eigenvalue weighted by molar-refractivity contribution is 5.91. The fourth-order valence-corrected chi connectivity index (χ4v) is 2.10. The van der Waals surface area contributed by atoms with Gasteiger partial charge in [0.2, 0.25) is 5.91 Å². The van der Waals surface area contributed by atoms with Gasteiger partial charge in [-0.15, -0.1) is 0 Å². The highest BCUT2D eigenvalue weighted by atomic mass is 16.1. The first-order valence-corrected chi connectivity index (χ1v) is 7.07. The lowest BCUT2D eigenvalue weighted by atomic mass is 10.1. The van der Waals surface area contributed by atoms with Crippen molar-refractivity contribution in [2.75, 3.05) is 5.73 Å². The topological polar surface area (TPSA) is 55.1 Å². The maximum absolute atomic E-state index is 11.8. The van der Waals surface area contributed by atoms with Crippen LogP contribution < -0.4 is 11.1 Å². The van der Waals surface area contributed by atoms with Crippen LogP contribution in [0.3, 0.4) is 0 Å². The minimum atomic E-state index is -0.0993. The van der Waals surface area contributed by atoms with Crippen molar-refractivity contribution in [1.82, 2.24) is 5.32 Å². The van der Waals surface area contributed by atoms with E-state index in [0.29, 0.717) is 12.2 Å². The molecule has 108 valence electrons. The summed E-state index contributed by atoms with van der Waals surface area (Å²) in [6.45, 7) is 2.66. The molecule has 0 heterocycles. The van der Waals surface area contributed by atoms with Crippen molar-refractivity contribution < 1.29 is 4.79 Å². The summed E-state index contributed by atoms with van der Waals surface area (Å²) in [4.78, 5) is 11.8. The van der Waals surface area contributed by atoms with Gasteiger partial charge in [-0.1, -0.05) is 43.3 Å². The van der Waals surface area contributed by atoms with Crippen LogP contribution in [0.5, 0.6) is 0 Å². The van der Waals surface area contributed by atoms with Gasteiger partial charge < -0.3 is 11.1 Å². The Balaban J connectivity index is 1.91. The van der Waals surface area contributed by atoms with Gasteiger partial charge in [0, 0.05) is 18.3 Å². The number of nitrogen functional groups attached to an aromatic ring is 1. The zero-order valence-electron chi connectivity index (χ0n) is 12.2. The van der Waals surface area contributed by atoms with E-state index >= 15 is 0 Å². The fraction of sp³-hybridized carbons (Fsp3) is 0.167. The Morgan fingerprint density at radius 3 is 2.43 bits per heavy atom. The zero-order valence-corrected chi connectivity index (χ0v) is 12.2. The lowest BCUT2D eigenvalue weighted by Gasteiger charge is -2.07. The first-order valence-electron chi connectivity index (χ1n) is 7.07. The molecule has 21 heavy (non-hydrogen) atoms. The maximum atomic E-state index is 11.8. The van der Waals surface area contributed by atoms with E-state index < -0.39 is 0 Å². The second-order valence-electron chi connectivity index (χ2n) is 4.84. The van der Waals surface area contributed by atoms with Crippen molar-refractivity contribution in [1.29, 1.82) is 0 Å². The van der Waals surface area contributed by atoms with E-state index in [9.17, 15) is 4.79 Å². The van der Waals surface area contributed by atoms with Crippen molar-refractivity contribution >= 4 is 17.7 Å². The van der Waals surface area contributed by atoms with E-state index in [1.54, 1.807) is 12.2 Å². The molecule has 0 aromatic heterocycles. The van der Waals surface area contributed by atoms with Gasteiger partial charge in [0.1, 0.15) is 0 Å². The highest BCUT2D eigenvalue weighted by Gasteiger charge is 2.01. The smallest absolute Gasteiger partial charge is 0.244 e. The first-order chi connectivity index (χ1) is 10.2. The van der Waals surface area contributed by atoms with Crippen LogP contribution in [0.15, 0.2) is 54.6 Å².